The van der Waals surface area contributed by atoms with Crippen molar-refractivity contribution in [2.24, 2.45) is 0 Å². The largest absolute Gasteiger partial charge is 0.449 e. The molecule has 0 bridgehead atoms. The molecule has 1 nitrogen and oxygen atoms in total. The summed E-state index contributed by atoms with van der Waals surface area (Å²) in [6.07, 6.45) is 23.6. The fourth-order valence-electron chi connectivity index (χ4n) is 5.79. The molecule has 0 aromatic heterocycles. The zero-order valence-electron chi connectivity index (χ0n) is 20.8. The molecule has 30 heavy (non-hydrogen) atoms. The van der Waals surface area contributed by atoms with Crippen molar-refractivity contribution in [1.82, 2.24) is 0 Å². The molecule has 4 heteroatoms. The van der Waals surface area contributed by atoms with Crippen LogP contribution in [-0.4, -0.2) is 33.6 Å². The smallest absolute Gasteiger partial charge is 0.198 e. The van der Waals surface area contributed by atoms with Crippen LogP contribution in [0.15, 0.2) is 24.6 Å². The van der Waals surface area contributed by atoms with E-state index < -0.39 is 16.6 Å². The molecule has 174 valence electrons. The van der Waals surface area contributed by atoms with Gasteiger partial charge in [-0.15, -0.1) is 13.2 Å². The molecule has 0 aromatic rings. The van der Waals surface area contributed by atoms with Crippen molar-refractivity contribution in [3.8, 4) is 0 Å². The van der Waals surface area contributed by atoms with Gasteiger partial charge in [0.15, 0.2) is 16.6 Å². The lowest BCUT2D eigenvalue weighted by Crippen LogP contribution is -2.41. The van der Waals surface area contributed by atoms with E-state index in [4.69, 9.17) is 4.12 Å². The fourth-order valence-corrected chi connectivity index (χ4v) is 16.6. The zero-order chi connectivity index (χ0) is 22.0. The first-order chi connectivity index (χ1) is 14.3. The van der Waals surface area contributed by atoms with Gasteiger partial charge < -0.3 is 4.12 Å². The molecule has 3 aliphatic carbocycles. The van der Waals surface area contributed by atoms with Gasteiger partial charge in [-0.25, -0.2) is 0 Å². The highest BCUT2D eigenvalue weighted by Crippen LogP contribution is 2.61. The second-order valence-corrected chi connectivity index (χ2v) is 22.2. The summed E-state index contributed by atoms with van der Waals surface area (Å²) in [6.45, 7) is 16.2. The fraction of sp³-hybridized carbons (Fsp3) is 0.846. The SMILES string of the molecule is C1CCC(P(C2CCCCC2)C2CCCCC2)CC1.C=C[Si](C)(C)O[Si](C)(C)C=C. The van der Waals surface area contributed by atoms with Gasteiger partial charge in [0.25, 0.3) is 0 Å². The second-order valence-electron chi connectivity index (χ2n) is 11.0. The number of hydrogen-bond acceptors (Lipinski definition) is 1. The average molecular weight is 467 g/mol. The number of rotatable bonds is 7. The van der Waals surface area contributed by atoms with Crippen LogP contribution in [0.25, 0.3) is 0 Å². The molecule has 3 fully saturated rings. The van der Waals surface area contributed by atoms with Gasteiger partial charge in [0.2, 0.25) is 0 Å². The van der Waals surface area contributed by atoms with E-state index in [1.54, 1.807) is 77.0 Å². The quantitative estimate of drug-likeness (QED) is 0.268. The van der Waals surface area contributed by atoms with E-state index in [1.807, 2.05) is 11.4 Å². The maximum absolute atomic E-state index is 5.97. The summed E-state index contributed by atoms with van der Waals surface area (Å²) in [5, 5.41) is 0. The minimum absolute atomic E-state index is 0.385. The third kappa shape index (κ3) is 9.04. The summed E-state index contributed by atoms with van der Waals surface area (Å²) >= 11 is 0. The zero-order valence-corrected chi connectivity index (χ0v) is 23.7. The van der Waals surface area contributed by atoms with Gasteiger partial charge in [-0.2, -0.15) is 0 Å². The molecule has 3 saturated carbocycles. The van der Waals surface area contributed by atoms with Crippen molar-refractivity contribution in [3.05, 3.63) is 24.6 Å². The van der Waals surface area contributed by atoms with E-state index in [1.165, 1.54) is 36.2 Å². The van der Waals surface area contributed by atoms with E-state index in [0.29, 0.717) is 7.92 Å². The Morgan fingerprint density at radius 3 is 1.07 bits per heavy atom. The predicted octanol–water partition coefficient (Wildman–Crippen LogP) is 9.33. The van der Waals surface area contributed by atoms with Crippen LogP contribution >= 0.6 is 7.92 Å². The Labute approximate surface area is 192 Å². The summed E-state index contributed by atoms with van der Waals surface area (Å²) in [4.78, 5) is 0. The minimum atomic E-state index is -1.58. The minimum Gasteiger partial charge on any atom is -0.449 e. The lowest BCUT2D eigenvalue weighted by atomic mass is 9.99. The summed E-state index contributed by atoms with van der Waals surface area (Å²) in [5.41, 5.74) is 7.50. The van der Waals surface area contributed by atoms with Gasteiger partial charge in [0.1, 0.15) is 0 Å². The van der Waals surface area contributed by atoms with Crippen molar-refractivity contribution in [1.29, 1.82) is 0 Å². The Hall–Kier alpha value is 0.304. The van der Waals surface area contributed by atoms with Crippen molar-refractivity contribution < 1.29 is 4.12 Å². The van der Waals surface area contributed by atoms with Crippen LogP contribution < -0.4 is 0 Å². The molecule has 0 atom stereocenters. The second kappa shape index (κ2) is 13.1. The van der Waals surface area contributed by atoms with Crippen molar-refractivity contribution in [2.45, 2.75) is 139 Å². The van der Waals surface area contributed by atoms with Gasteiger partial charge >= 0.3 is 0 Å². The molecule has 0 saturated heterocycles. The van der Waals surface area contributed by atoms with E-state index in [0.717, 1.165) is 0 Å². The maximum Gasteiger partial charge on any atom is 0.198 e. The van der Waals surface area contributed by atoms with Crippen LogP contribution in [0.5, 0.6) is 0 Å². The molecule has 0 heterocycles. The molecule has 0 radical (unpaired) electrons. The lowest BCUT2D eigenvalue weighted by molar-refractivity contribution is 0.460. The molecule has 0 unspecified atom stereocenters. The summed E-state index contributed by atoms with van der Waals surface area (Å²) in [7, 11) is -2.77. The Kier molecular flexibility index (Phi) is 11.6. The Balaban J connectivity index is 0.000000252. The lowest BCUT2D eigenvalue weighted by Gasteiger charge is -2.44. The van der Waals surface area contributed by atoms with E-state index in [9.17, 15) is 0 Å². The molecule has 0 aromatic carbocycles. The van der Waals surface area contributed by atoms with Crippen LogP contribution in [-0.2, 0) is 4.12 Å². The number of hydrogen-bond donors (Lipinski definition) is 0. The first kappa shape index (κ1) is 26.6. The standard InChI is InChI=1S/C18H33P.C8H18OSi2/c1-4-10-16(11-5-1)19(17-12-6-2-7-13-17)18-14-8-3-9-15-18;1-7-10(3,4)9-11(5,6)8-2/h16-18H,1-15H2;7-8H,1-2H2,3-6H3. The van der Waals surface area contributed by atoms with Crippen LogP contribution in [0.3, 0.4) is 0 Å². The molecule has 3 aliphatic rings. The first-order valence-corrected chi connectivity index (χ1v) is 20.5. The van der Waals surface area contributed by atoms with Crippen LogP contribution in [0.4, 0.5) is 0 Å². The molecule has 0 spiro atoms. The van der Waals surface area contributed by atoms with Gasteiger partial charge in [0, 0.05) is 0 Å². The highest BCUT2D eigenvalue weighted by atomic mass is 31.1. The van der Waals surface area contributed by atoms with E-state index in [2.05, 4.69) is 39.3 Å². The molecule has 3 rings (SSSR count). The van der Waals surface area contributed by atoms with Gasteiger partial charge in [0.05, 0.1) is 0 Å². The molecule has 0 aliphatic heterocycles. The van der Waals surface area contributed by atoms with Gasteiger partial charge in [-0.3, -0.25) is 0 Å². The topological polar surface area (TPSA) is 9.23 Å². The summed E-state index contributed by atoms with van der Waals surface area (Å²) in [5.74, 6) is 0. The average Bonchev–Trinajstić information content (AvgIpc) is 2.76. The monoisotopic (exact) mass is 466 g/mol. The van der Waals surface area contributed by atoms with Crippen LogP contribution in [0.2, 0.25) is 26.2 Å². The van der Waals surface area contributed by atoms with E-state index in [-0.39, 0.29) is 0 Å². The maximum atomic E-state index is 5.97. The molecule has 0 amide bonds. The van der Waals surface area contributed by atoms with Crippen molar-refractivity contribution in [2.75, 3.05) is 0 Å². The Bertz CT molecular complexity index is 440. The van der Waals surface area contributed by atoms with Crippen LogP contribution in [0.1, 0.15) is 96.3 Å². The first-order valence-electron chi connectivity index (χ1n) is 13.0. The van der Waals surface area contributed by atoms with Crippen LogP contribution in [0, 0.1) is 0 Å². The molecular formula is C26H51OPSi2. The van der Waals surface area contributed by atoms with E-state index >= 15 is 0 Å². The Morgan fingerprint density at radius 1 is 0.567 bits per heavy atom. The molecular weight excluding hydrogens is 415 g/mol. The summed E-state index contributed by atoms with van der Waals surface area (Å²) in [6, 6.07) is 0. The van der Waals surface area contributed by atoms with Crippen molar-refractivity contribution >= 4 is 24.6 Å². The highest BCUT2D eigenvalue weighted by molar-refractivity contribution is 7.60. The highest BCUT2D eigenvalue weighted by Gasteiger charge is 2.36. The normalized spacial score (nSPS) is 23.0. The molecule has 0 N–H and O–H groups in total. The predicted molar refractivity (Wildman–Crippen MR) is 144 cm³/mol. The third-order valence-electron chi connectivity index (χ3n) is 7.50. The summed E-state index contributed by atoms with van der Waals surface area (Å²) < 4.78 is 5.97. The van der Waals surface area contributed by atoms with Crippen molar-refractivity contribution in [3.63, 3.8) is 0 Å². The third-order valence-corrected chi connectivity index (χ3v) is 17.8. The Morgan fingerprint density at radius 2 is 0.833 bits per heavy atom. The van der Waals surface area contributed by atoms with Gasteiger partial charge in [-0.05, 0) is 81.7 Å². The van der Waals surface area contributed by atoms with Gasteiger partial charge in [-0.1, -0.05) is 77.1 Å².